The first-order valence-corrected chi connectivity index (χ1v) is 7.56. The first-order chi connectivity index (χ1) is 10.1. The lowest BCUT2D eigenvalue weighted by Crippen LogP contribution is -2.44. The van der Waals surface area contributed by atoms with E-state index in [9.17, 15) is 9.59 Å². The van der Waals surface area contributed by atoms with Crippen LogP contribution in [0.3, 0.4) is 0 Å². The summed E-state index contributed by atoms with van der Waals surface area (Å²) in [5.41, 5.74) is 0.981. The van der Waals surface area contributed by atoms with Gasteiger partial charge in [0.25, 0.3) is 0 Å². The summed E-state index contributed by atoms with van der Waals surface area (Å²) in [7, 11) is 0. The molecule has 2 N–H and O–H groups in total. The molecule has 1 aliphatic rings. The van der Waals surface area contributed by atoms with Crippen molar-refractivity contribution in [2.24, 2.45) is 5.92 Å². The molecule has 0 unspecified atom stereocenters. The zero-order valence-electron chi connectivity index (χ0n) is 11.5. The third kappa shape index (κ3) is 4.60. The van der Waals surface area contributed by atoms with Crippen molar-refractivity contribution in [3.63, 3.8) is 0 Å². The third-order valence-electron chi connectivity index (χ3n) is 3.46. The lowest BCUT2D eigenvalue weighted by molar-refractivity contribution is -0.143. The van der Waals surface area contributed by atoms with Crippen LogP contribution in [0.1, 0.15) is 18.4 Å². The van der Waals surface area contributed by atoms with Crippen LogP contribution in [0.4, 0.5) is 4.79 Å². The van der Waals surface area contributed by atoms with E-state index in [1.165, 1.54) is 0 Å². The summed E-state index contributed by atoms with van der Waals surface area (Å²) in [6.07, 6.45) is 4.44. The molecule has 0 aromatic heterocycles. The number of aliphatic carboxylic acids is 1. The van der Waals surface area contributed by atoms with E-state index in [0.29, 0.717) is 25.9 Å². The fourth-order valence-corrected chi connectivity index (χ4v) is 2.66. The second-order valence-corrected chi connectivity index (χ2v) is 5.85. The molecule has 1 aromatic rings. The van der Waals surface area contributed by atoms with E-state index in [1.54, 1.807) is 11.1 Å². The summed E-state index contributed by atoms with van der Waals surface area (Å²) in [4.78, 5) is 24.4. The third-order valence-corrected chi connectivity index (χ3v) is 3.96. The fraction of sp³-hybridized carbons (Fsp3) is 0.333. The first kappa shape index (κ1) is 15.6. The van der Waals surface area contributed by atoms with Crippen molar-refractivity contribution in [1.82, 2.24) is 10.2 Å². The Morgan fingerprint density at radius 2 is 2.05 bits per heavy atom. The molecule has 2 rings (SSSR count). The fourth-order valence-electron chi connectivity index (χ4n) is 2.24. The molecule has 0 atom stereocenters. The van der Waals surface area contributed by atoms with E-state index in [0.717, 1.165) is 10.0 Å². The van der Waals surface area contributed by atoms with Crippen LogP contribution in [0.15, 0.2) is 34.9 Å². The Morgan fingerprint density at radius 3 is 2.67 bits per heavy atom. The van der Waals surface area contributed by atoms with Gasteiger partial charge in [-0.05, 0) is 36.6 Å². The summed E-state index contributed by atoms with van der Waals surface area (Å²) in [5, 5.41) is 11.6. The Hall–Kier alpha value is -1.82. The summed E-state index contributed by atoms with van der Waals surface area (Å²) in [5.74, 6) is -1.10. The van der Waals surface area contributed by atoms with E-state index in [1.807, 2.05) is 30.3 Å². The predicted molar refractivity (Wildman–Crippen MR) is 83.6 cm³/mol. The minimum Gasteiger partial charge on any atom is -0.481 e. The number of carboxylic acid groups (broad SMARTS) is 1. The quantitative estimate of drug-likeness (QED) is 0.878. The Kier molecular flexibility index (Phi) is 5.38. The number of nitrogens with one attached hydrogen (secondary N) is 1. The van der Waals surface area contributed by atoms with Gasteiger partial charge in [0.1, 0.15) is 0 Å². The molecule has 1 saturated heterocycles. The monoisotopic (exact) mass is 352 g/mol. The van der Waals surface area contributed by atoms with Crippen LogP contribution in [0.25, 0.3) is 6.08 Å². The summed E-state index contributed by atoms with van der Waals surface area (Å²) in [6, 6.07) is 7.54. The van der Waals surface area contributed by atoms with Gasteiger partial charge in [0.2, 0.25) is 0 Å². The second-order valence-electron chi connectivity index (χ2n) is 4.94. The molecule has 0 spiro atoms. The number of hydrogen-bond acceptors (Lipinski definition) is 2. The number of urea groups is 1. The number of nitrogens with zero attached hydrogens (tertiary/aromatic N) is 1. The van der Waals surface area contributed by atoms with Gasteiger partial charge in [-0.1, -0.05) is 28.1 Å². The van der Waals surface area contributed by atoms with Gasteiger partial charge < -0.3 is 15.3 Å². The van der Waals surface area contributed by atoms with Gasteiger partial charge in [0.05, 0.1) is 5.92 Å². The highest BCUT2D eigenvalue weighted by atomic mass is 79.9. The summed E-state index contributed by atoms with van der Waals surface area (Å²) < 4.78 is 0.978. The van der Waals surface area contributed by atoms with Crippen molar-refractivity contribution in [2.75, 3.05) is 13.1 Å². The topological polar surface area (TPSA) is 69.6 Å². The summed E-state index contributed by atoms with van der Waals surface area (Å²) in [6.45, 7) is 0.959. The van der Waals surface area contributed by atoms with Crippen molar-refractivity contribution in [3.05, 3.63) is 40.5 Å². The van der Waals surface area contributed by atoms with Crippen molar-refractivity contribution in [1.29, 1.82) is 0 Å². The van der Waals surface area contributed by atoms with Crippen LogP contribution < -0.4 is 5.32 Å². The number of hydrogen-bond donors (Lipinski definition) is 2. The van der Waals surface area contributed by atoms with Gasteiger partial charge in [-0.15, -0.1) is 0 Å². The normalized spacial score (nSPS) is 16.1. The average molecular weight is 353 g/mol. The SMILES string of the molecule is O=C(O)C1CCN(C(=O)N/C=C/c2cccc(Br)c2)CC1. The molecule has 1 heterocycles. The number of rotatable bonds is 3. The molecule has 0 aliphatic carbocycles. The molecule has 1 fully saturated rings. The minimum atomic E-state index is -0.774. The molecule has 112 valence electrons. The highest BCUT2D eigenvalue weighted by Gasteiger charge is 2.26. The van der Waals surface area contributed by atoms with E-state index in [-0.39, 0.29) is 11.9 Å². The van der Waals surface area contributed by atoms with Crippen molar-refractivity contribution in [2.45, 2.75) is 12.8 Å². The van der Waals surface area contributed by atoms with Crippen molar-refractivity contribution >= 4 is 34.0 Å². The first-order valence-electron chi connectivity index (χ1n) is 6.76. The number of benzene rings is 1. The van der Waals surface area contributed by atoms with Gasteiger partial charge in [0, 0.05) is 23.8 Å². The molecule has 1 aromatic carbocycles. The number of carbonyl (C=O) groups excluding carboxylic acids is 1. The van der Waals surface area contributed by atoms with Crippen molar-refractivity contribution in [3.8, 4) is 0 Å². The maximum absolute atomic E-state index is 11.9. The van der Waals surface area contributed by atoms with Crippen LogP contribution >= 0.6 is 15.9 Å². The maximum atomic E-state index is 11.9. The molecule has 1 aliphatic heterocycles. The molecule has 5 nitrogen and oxygen atoms in total. The number of piperidine rings is 1. The Bertz CT molecular complexity index is 552. The number of amides is 2. The Labute approximate surface area is 131 Å². The van der Waals surface area contributed by atoms with E-state index < -0.39 is 5.97 Å². The number of halogens is 1. The van der Waals surface area contributed by atoms with Crippen molar-refractivity contribution < 1.29 is 14.7 Å². The lowest BCUT2D eigenvalue weighted by atomic mass is 9.97. The Balaban J connectivity index is 1.81. The summed E-state index contributed by atoms with van der Waals surface area (Å²) >= 11 is 3.39. The number of carboxylic acids is 1. The largest absolute Gasteiger partial charge is 0.481 e. The zero-order valence-corrected chi connectivity index (χ0v) is 13.0. The van der Waals surface area contributed by atoms with Crippen LogP contribution in [0.2, 0.25) is 0 Å². The van der Waals surface area contributed by atoms with E-state index in [4.69, 9.17) is 5.11 Å². The molecular formula is C15H17BrN2O3. The maximum Gasteiger partial charge on any atom is 0.321 e. The highest BCUT2D eigenvalue weighted by molar-refractivity contribution is 9.10. The van der Waals surface area contributed by atoms with Crippen LogP contribution in [0, 0.1) is 5.92 Å². The smallest absolute Gasteiger partial charge is 0.321 e. The number of likely N-dealkylation sites (tertiary alicyclic amines) is 1. The van der Waals surface area contributed by atoms with Gasteiger partial charge in [-0.3, -0.25) is 4.79 Å². The van der Waals surface area contributed by atoms with Gasteiger partial charge in [-0.25, -0.2) is 4.79 Å². The zero-order chi connectivity index (χ0) is 15.2. The molecule has 6 heteroatoms. The number of carbonyl (C=O) groups is 2. The van der Waals surface area contributed by atoms with Gasteiger partial charge in [0.15, 0.2) is 0 Å². The van der Waals surface area contributed by atoms with Gasteiger partial charge in [-0.2, -0.15) is 0 Å². The molecule has 0 saturated carbocycles. The average Bonchev–Trinajstić information content (AvgIpc) is 2.47. The standard InChI is InChI=1S/C15H17BrN2O3/c16-13-3-1-2-11(10-13)4-7-17-15(21)18-8-5-12(6-9-18)14(19)20/h1-4,7,10,12H,5-6,8-9H2,(H,17,21)(H,19,20)/b7-4+. The highest BCUT2D eigenvalue weighted by Crippen LogP contribution is 2.17. The predicted octanol–water partition coefficient (Wildman–Crippen LogP) is 2.93. The van der Waals surface area contributed by atoms with Crippen LogP contribution in [-0.4, -0.2) is 35.1 Å². The van der Waals surface area contributed by atoms with E-state index in [2.05, 4.69) is 21.2 Å². The molecule has 0 radical (unpaired) electrons. The molecule has 21 heavy (non-hydrogen) atoms. The van der Waals surface area contributed by atoms with Gasteiger partial charge >= 0.3 is 12.0 Å². The van der Waals surface area contributed by atoms with Crippen LogP contribution in [0.5, 0.6) is 0 Å². The molecule has 0 bridgehead atoms. The second kappa shape index (κ2) is 7.26. The Morgan fingerprint density at radius 1 is 1.33 bits per heavy atom. The molecule has 2 amide bonds. The van der Waals surface area contributed by atoms with Crippen LogP contribution in [-0.2, 0) is 4.79 Å². The lowest BCUT2D eigenvalue weighted by Gasteiger charge is -2.29. The minimum absolute atomic E-state index is 0.190. The van der Waals surface area contributed by atoms with E-state index >= 15 is 0 Å². The molecular weight excluding hydrogens is 336 g/mol.